The number of likely N-dealkylation sites (N-methyl/N-ethyl adjacent to an activating group) is 1. The smallest absolute Gasteiger partial charge is 0.0133 e. The van der Waals surface area contributed by atoms with Crippen molar-refractivity contribution in [3.63, 3.8) is 0 Å². The van der Waals surface area contributed by atoms with Crippen molar-refractivity contribution in [2.24, 2.45) is 0 Å². The number of benzene rings is 2. The van der Waals surface area contributed by atoms with E-state index in [0.717, 1.165) is 12.8 Å². The molecule has 0 saturated carbocycles. The van der Waals surface area contributed by atoms with Gasteiger partial charge in [-0.15, -0.1) is 0 Å². The fourth-order valence-corrected chi connectivity index (χ4v) is 2.41. The van der Waals surface area contributed by atoms with E-state index in [1.807, 2.05) is 27.7 Å². The van der Waals surface area contributed by atoms with Crippen LogP contribution in [-0.2, 0) is 12.8 Å². The van der Waals surface area contributed by atoms with Gasteiger partial charge in [0.2, 0.25) is 0 Å². The van der Waals surface area contributed by atoms with Crippen LogP contribution in [0.2, 0.25) is 0 Å². The number of hydrogen-bond acceptors (Lipinski definition) is 1. The maximum Gasteiger partial charge on any atom is 0.0133 e. The fraction of sp³-hybridized carbons (Fsp3) is 0.520. The van der Waals surface area contributed by atoms with Crippen LogP contribution in [0.15, 0.2) is 60.7 Å². The topological polar surface area (TPSA) is 3.24 Å². The third-order valence-corrected chi connectivity index (χ3v) is 3.65. The van der Waals surface area contributed by atoms with E-state index in [-0.39, 0.29) is 0 Å². The second kappa shape index (κ2) is 19.7. The zero-order chi connectivity index (χ0) is 20.2. The van der Waals surface area contributed by atoms with Crippen molar-refractivity contribution >= 4 is 0 Å². The Labute approximate surface area is 164 Å². The molecule has 0 fully saturated rings. The van der Waals surface area contributed by atoms with Gasteiger partial charge in [-0.25, -0.2) is 0 Å². The summed E-state index contributed by atoms with van der Waals surface area (Å²) in [5, 5.41) is 0. The molecule has 0 saturated heterocycles. The highest BCUT2D eigenvalue weighted by molar-refractivity contribution is 5.17. The first-order valence-electron chi connectivity index (χ1n) is 10.4. The molecule has 26 heavy (non-hydrogen) atoms. The predicted molar refractivity (Wildman–Crippen MR) is 121 cm³/mol. The molecule has 0 aliphatic rings. The van der Waals surface area contributed by atoms with E-state index in [1.54, 1.807) is 0 Å². The Kier molecular flexibility index (Phi) is 20.2. The lowest BCUT2D eigenvalue weighted by molar-refractivity contribution is 0.277. The van der Waals surface area contributed by atoms with E-state index in [2.05, 4.69) is 93.5 Å². The van der Waals surface area contributed by atoms with E-state index in [0.29, 0.717) is 6.04 Å². The molecule has 0 N–H and O–H groups in total. The first-order valence-corrected chi connectivity index (χ1v) is 10.4. The molecular formula is C25H43N. The van der Waals surface area contributed by atoms with E-state index >= 15 is 0 Å². The first-order chi connectivity index (χ1) is 12.7. The maximum absolute atomic E-state index is 2.34. The third-order valence-electron chi connectivity index (χ3n) is 3.65. The molecule has 0 bridgehead atoms. The fourth-order valence-electron chi connectivity index (χ4n) is 2.41. The molecule has 1 heteroatoms. The Balaban J connectivity index is 0. The van der Waals surface area contributed by atoms with Crippen molar-refractivity contribution in [2.75, 3.05) is 14.1 Å². The highest BCUT2D eigenvalue weighted by atomic mass is 15.1. The minimum absolute atomic E-state index is 0.600. The summed E-state index contributed by atoms with van der Waals surface area (Å²) in [5.41, 5.74) is 2.86. The Bertz CT molecular complexity index is 476. The van der Waals surface area contributed by atoms with Gasteiger partial charge in [-0.05, 0) is 44.5 Å². The second-order valence-electron chi connectivity index (χ2n) is 6.04. The standard InChI is InChI=1S/C18H23N.C3H8.2C2H6/c1-19(2)18(15-17-11-7-4-8-12-17)14-13-16-9-5-3-6-10-16;1-3-2;2*1-2/h3-12,18H,13-15H2,1-2H3;3H2,1-2H3;2*1-2H3. The molecule has 1 atom stereocenters. The Morgan fingerprint density at radius 3 is 1.46 bits per heavy atom. The average Bonchev–Trinajstić information content (AvgIpc) is 2.70. The zero-order valence-electron chi connectivity index (χ0n) is 18.6. The maximum atomic E-state index is 2.34. The average molecular weight is 358 g/mol. The van der Waals surface area contributed by atoms with Gasteiger partial charge in [0.05, 0.1) is 0 Å². The van der Waals surface area contributed by atoms with Crippen LogP contribution >= 0.6 is 0 Å². The van der Waals surface area contributed by atoms with Gasteiger partial charge in [-0.3, -0.25) is 0 Å². The Morgan fingerprint density at radius 1 is 0.692 bits per heavy atom. The predicted octanol–water partition coefficient (Wildman–Crippen LogP) is 7.26. The molecule has 148 valence electrons. The van der Waals surface area contributed by atoms with Crippen molar-refractivity contribution in [1.82, 2.24) is 4.90 Å². The van der Waals surface area contributed by atoms with Gasteiger partial charge in [-0.1, -0.05) is 109 Å². The van der Waals surface area contributed by atoms with Gasteiger partial charge in [0.1, 0.15) is 0 Å². The summed E-state index contributed by atoms with van der Waals surface area (Å²) in [6.07, 6.45) is 4.73. The molecule has 0 amide bonds. The van der Waals surface area contributed by atoms with Gasteiger partial charge < -0.3 is 4.90 Å². The van der Waals surface area contributed by atoms with Gasteiger partial charge in [0, 0.05) is 6.04 Å². The molecule has 2 aromatic rings. The van der Waals surface area contributed by atoms with Gasteiger partial charge >= 0.3 is 0 Å². The largest absolute Gasteiger partial charge is 0.306 e. The summed E-state index contributed by atoms with van der Waals surface area (Å²) in [7, 11) is 4.36. The van der Waals surface area contributed by atoms with Crippen LogP contribution in [0, 0.1) is 0 Å². The van der Waals surface area contributed by atoms with Crippen LogP contribution < -0.4 is 0 Å². The minimum Gasteiger partial charge on any atom is -0.306 e. The Hall–Kier alpha value is -1.60. The van der Waals surface area contributed by atoms with Gasteiger partial charge in [0.25, 0.3) is 0 Å². The van der Waals surface area contributed by atoms with Crippen molar-refractivity contribution in [3.05, 3.63) is 71.8 Å². The molecule has 0 radical (unpaired) electrons. The molecule has 0 aromatic heterocycles. The van der Waals surface area contributed by atoms with Crippen molar-refractivity contribution in [1.29, 1.82) is 0 Å². The van der Waals surface area contributed by atoms with E-state index < -0.39 is 0 Å². The SMILES string of the molecule is CC.CC.CCC.CN(C)C(CCc1ccccc1)Cc1ccccc1. The molecule has 0 spiro atoms. The molecule has 0 aliphatic heterocycles. The quantitative estimate of drug-likeness (QED) is 0.526. The summed E-state index contributed by atoms with van der Waals surface area (Å²) < 4.78 is 0. The number of hydrogen-bond donors (Lipinski definition) is 0. The summed E-state index contributed by atoms with van der Waals surface area (Å²) in [6.45, 7) is 12.2. The highest BCUT2D eigenvalue weighted by Gasteiger charge is 2.12. The number of aryl methyl sites for hydroxylation is 1. The normalized spacial score (nSPS) is 10.3. The Morgan fingerprint density at radius 2 is 1.08 bits per heavy atom. The summed E-state index contributed by atoms with van der Waals surface area (Å²) >= 11 is 0. The van der Waals surface area contributed by atoms with E-state index in [1.165, 1.54) is 24.0 Å². The molecule has 0 aliphatic carbocycles. The molecular weight excluding hydrogens is 314 g/mol. The van der Waals surface area contributed by atoms with Crippen LogP contribution in [0.5, 0.6) is 0 Å². The lowest BCUT2D eigenvalue weighted by Gasteiger charge is -2.24. The van der Waals surface area contributed by atoms with Crippen LogP contribution in [0.3, 0.4) is 0 Å². The molecule has 0 heterocycles. The molecule has 2 aromatic carbocycles. The molecule has 1 unspecified atom stereocenters. The van der Waals surface area contributed by atoms with Crippen molar-refractivity contribution in [2.45, 2.75) is 73.3 Å². The summed E-state index contributed by atoms with van der Waals surface area (Å²) in [6, 6.07) is 22.1. The van der Waals surface area contributed by atoms with Gasteiger partial charge in [-0.2, -0.15) is 0 Å². The lowest BCUT2D eigenvalue weighted by atomic mass is 9.98. The van der Waals surface area contributed by atoms with Crippen molar-refractivity contribution < 1.29 is 0 Å². The second-order valence-corrected chi connectivity index (χ2v) is 6.04. The van der Waals surface area contributed by atoms with Crippen LogP contribution in [0.4, 0.5) is 0 Å². The van der Waals surface area contributed by atoms with Crippen LogP contribution in [-0.4, -0.2) is 25.0 Å². The molecule has 1 nitrogen and oxygen atoms in total. The van der Waals surface area contributed by atoms with Gasteiger partial charge in [0.15, 0.2) is 0 Å². The summed E-state index contributed by atoms with van der Waals surface area (Å²) in [4.78, 5) is 2.34. The molecule has 2 rings (SSSR count). The first kappa shape index (κ1) is 26.6. The van der Waals surface area contributed by atoms with Crippen LogP contribution in [0.1, 0.15) is 65.5 Å². The monoisotopic (exact) mass is 357 g/mol. The summed E-state index contributed by atoms with van der Waals surface area (Å²) in [5.74, 6) is 0. The highest BCUT2D eigenvalue weighted by Crippen LogP contribution is 2.13. The van der Waals surface area contributed by atoms with Crippen LogP contribution in [0.25, 0.3) is 0 Å². The lowest BCUT2D eigenvalue weighted by Crippen LogP contribution is -2.30. The number of rotatable bonds is 6. The zero-order valence-corrected chi connectivity index (χ0v) is 18.6. The van der Waals surface area contributed by atoms with E-state index in [9.17, 15) is 0 Å². The van der Waals surface area contributed by atoms with E-state index in [4.69, 9.17) is 0 Å². The minimum atomic E-state index is 0.600. The number of nitrogens with zero attached hydrogens (tertiary/aromatic N) is 1. The third kappa shape index (κ3) is 13.7. The van der Waals surface area contributed by atoms with Crippen molar-refractivity contribution in [3.8, 4) is 0 Å².